The lowest BCUT2D eigenvalue weighted by Crippen LogP contribution is -2.12. The van der Waals surface area contributed by atoms with Crippen molar-refractivity contribution in [3.63, 3.8) is 0 Å². The van der Waals surface area contributed by atoms with Crippen LogP contribution in [0.1, 0.15) is 30.8 Å². The van der Waals surface area contributed by atoms with Gasteiger partial charge in [0.15, 0.2) is 0 Å². The van der Waals surface area contributed by atoms with E-state index < -0.39 is 0 Å². The molecule has 0 aliphatic heterocycles. The summed E-state index contributed by atoms with van der Waals surface area (Å²) in [6.07, 6.45) is 1.87. The Balaban J connectivity index is 1.84. The van der Waals surface area contributed by atoms with Crippen LogP contribution in [0.25, 0.3) is 0 Å². The van der Waals surface area contributed by atoms with Crippen LogP contribution in [0.2, 0.25) is 5.02 Å². The van der Waals surface area contributed by atoms with Gasteiger partial charge in [0.25, 0.3) is 0 Å². The van der Waals surface area contributed by atoms with Crippen molar-refractivity contribution < 1.29 is 4.79 Å². The van der Waals surface area contributed by atoms with Gasteiger partial charge in [-0.15, -0.1) is 10.2 Å². The third-order valence-corrected chi connectivity index (χ3v) is 4.11. The molecule has 4 nitrogen and oxygen atoms in total. The van der Waals surface area contributed by atoms with Crippen LogP contribution >= 0.6 is 22.9 Å². The van der Waals surface area contributed by atoms with Crippen LogP contribution in [0.4, 0.5) is 5.13 Å². The van der Waals surface area contributed by atoms with Crippen molar-refractivity contribution in [2.45, 2.75) is 33.1 Å². The third kappa shape index (κ3) is 5.10. The maximum absolute atomic E-state index is 11.9. The van der Waals surface area contributed by atoms with Crippen molar-refractivity contribution in [3.05, 3.63) is 39.9 Å². The standard InChI is InChI=1S/C15H18ClN3OS/c1-10(2)9-14-18-19-15(21-14)17-13(20)8-7-11-5-3-4-6-12(11)16/h3-6,10H,7-9H2,1-2H3,(H,17,19,20). The molecule has 2 aromatic rings. The Labute approximate surface area is 133 Å². The number of halogens is 1. The number of aryl methyl sites for hydroxylation is 1. The minimum absolute atomic E-state index is 0.0674. The van der Waals surface area contributed by atoms with Gasteiger partial charge in [0.2, 0.25) is 11.0 Å². The fourth-order valence-electron chi connectivity index (χ4n) is 1.87. The number of benzene rings is 1. The first-order chi connectivity index (χ1) is 10.0. The molecule has 0 radical (unpaired) electrons. The van der Waals surface area contributed by atoms with E-state index in [2.05, 4.69) is 29.4 Å². The van der Waals surface area contributed by atoms with Crippen LogP contribution < -0.4 is 5.32 Å². The second-order valence-corrected chi connectivity index (χ2v) is 6.71. The van der Waals surface area contributed by atoms with Crippen molar-refractivity contribution in [1.82, 2.24) is 10.2 Å². The van der Waals surface area contributed by atoms with Crippen molar-refractivity contribution in [2.75, 3.05) is 5.32 Å². The van der Waals surface area contributed by atoms with Crippen LogP contribution in [0, 0.1) is 5.92 Å². The zero-order valence-corrected chi connectivity index (χ0v) is 13.7. The Hall–Kier alpha value is -1.46. The molecular formula is C15H18ClN3OS. The van der Waals surface area contributed by atoms with Gasteiger partial charge >= 0.3 is 0 Å². The molecule has 0 spiro atoms. The summed E-state index contributed by atoms with van der Waals surface area (Å²) in [5.74, 6) is 0.462. The third-order valence-electron chi connectivity index (χ3n) is 2.88. The van der Waals surface area contributed by atoms with E-state index in [-0.39, 0.29) is 5.91 Å². The van der Waals surface area contributed by atoms with E-state index in [4.69, 9.17) is 11.6 Å². The summed E-state index contributed by atoms with van der Waals surface area (Å²) in [5, 5.41) is 13.1. The number of nitrogens with one attached hydrogen (secondary N) is 1. The molecule has 1 heterocycles. The average molecular weight is 324 g/mol. The van der Waals surface area contributed by atoms with E-state index >= 15 is 0 Å². The van der Waals surface area contributed by atoms with Crippen LogP contribution in [0.5, 0.6) is 0 Å². The van der Waals surface area contributed by atoms with Gasteiger partial charge in [-0.1, -0.05) is 55.0 Å². The number of amides is 1. The first kappa shape index (κ1) is 15.9. The van der Waals surface area contributed by atoms with E-state index in [1.54, 1.807) is 0 Å². The second-order valence-electron chi connectivity index (χ2n) is 5.24. The Kier molecular flexibility index (Phi) is 5.70. The Bertz CT molecular complexity index is 612. The molecule has 1 aromatic carbocycles. The highest BCUT2D eigenvalue weighted by Gasteiger charge is 2.10. The number of aromatic nitrogens is 2. The zero-order chi connectivity index (χ0) is 15.2. The maximum atomic E-state index is 11.9. The van der Waals surface area contributed by atoms with E-state index in [1.165, 1.54) is 11.3 Å². The quantitative estimate of drug-likeness (QED) is 0.875. The van der Waals surface area contributed by atoms with Gasteiger partial charge in [-0.2, -0.15) is 0 Å². The van der Waals surface area contributed by atoms with Gasteiger partial charge < -0.3 is 5.32 Å². The number of hydrogen-bond donors (Lipinski definition) is 1. The molecular weight excluding hydrogens is 306 g/mol. The predicted molar refractivity (Wildman–Crippen MR) is 86.9 cm³/mol. The van der Waals surface area contributed by atoms with E-state index in [0.29, 0.717) is 28.9 Å². The van der Waals surface area contributed by atoms with Crippen molar-refractivity contribution in [3.8, 4) is 0 Å². The first-order valence-electron chi connectivity index (χ1n) is 6.90. The predicted octanol–water partition coefficient (Wildman–Crippen LogP) is 3.96. The number of rotatable bonds is 6. The Morgan fingerprint density at radius 1 is 1.33 bits per heavy atom. The van der Waals surface area contributed by atoms with E-state index in [9.17, 15) is 4.79 Å². The molecule has 0 unspecified atom stereocenters. The number of carbonyl (C=O) groups excluding carboxylic acids is 1. The first-order valence-corrected chi connectivity index (χ1v) is 8.09. The highest BCUT2D eigenvalue weighted by molar-refractivity contribution is 7.15. The summed E-state index contributed by atoms with van der Waals surface area (Å²) in [6, 6.07) is 7.56. The van der Waals surface area contributed by atoms with Crippen molar-refractivity contribution >= 4 is 34.0 Å². The fraction of sp³-hybridized carbons (Fsp3) is 0.400. The molecule has 112 valence electrons. The van der Waals surface area contributed by atoms with Crippen LogP contribution in [-0.2, 0) is 17.6 Å². The number of nitrogens with zero attached hydrogens (tertiary/aromatic N) is 2. The minimum atomic E-state index is -0.0674. The molecule has 0 fully saturated rings. The van der Waals surface area contributed by atoms with E-state index in [1.807, 2.05) is 24.3 Å². The molecule has 0 bridgehead atoms. The second kappa shape index (κ2) is 7.52. The topological polar surface area (TPSA) is 54.9 Å². The van der Waals surface area contributed by atoms with Gasteiger partial charge in [0.1, 0.15) is 5.01 Å². The van der Waals surface area contributed by atoms with Gasteiger partial charge in [-0.3, -0.25) is 4.79 Å². The molecule has 0 saturated carbocycles. The highest BCUT2D eigenvalue weighted by Crippen LogP contribution is 2.19. The van der Waals surface area contributed by atoms with Crippen LogP contribution in [0.15, 0.2) is 24.3 Å². The molecule has 21 heavy (non-hydrogen) atoms. The lowest BCUT2D eigenvalue weighted by molar-refractivity contribution is -0.116. The molecule has 6 heteroatoms. The van der Waals surface area contributed by atoms with Crippen LogP contribution in [0.3, 0.4) is 0 Å². The molecule has 1 N–H and O–H groups in total. The normalized spacial score (nSPS) is 10.9. The summed E-state index contributed by atoms with van der Waals surface area (Å²) in [5.41, 5.74) is 0.979. The smallest absolute Gasteiger partial charge is 0.226 e. The van der Waals surface area contributed by atoms with Gasteiger partial charge in [0, 0.05) is 17.9 Å². The summed E-state index contributed by atoms with van der Waals surface area (Å²) in [4.78, 5) is 11.9. The minimum Gasteiger partial charge on any atom is -0.301 e. The molecule has 1 aromatic heterocycles. The fourth-order valence-corrected chi connectivity index (χ4v) is 3.07. The van der Waals surface area contributed by atoms with Gasteiger partial charge in [0.05, 0.1) is 0 Å². The largest absolute Gasteiger partial charge is 0.301 e. The Morgan fingerprint density at radius 3 is 2.81 bits per heavy atom. The highest BCUT2D eigenvalue weighted by atomic mass is 35.5. The van der Waals surface area contributed by atoms with Crippen molar-refractivity contribution in [1.29, 1.82) is 0 Å². The molecule has 0 atom stereocenters. The number of anilines is 1. The van der Waals surface area contributed by atoms with Gasteiger partial charge in [-0.25, -0.2) is 0 Å². The van der Waals surface area contributed by atoms with Gasteiger partial charge in [-0.05, 0) is 24.0 Å². The molecule has 2 rings (SSSR count). The molecule has 0 aliphatic rings. The van der Waals surface area contributed by atoms with Crippen molar-refractivity contribution in [2.24, 2.45) is 5.92 Å². The van der Waals surface area contributed by atoms with Crippen LogP contribution in [-0.4, -0.2) is 16.1 Å². The Morgan fingerprint density at radius 2 is 2.10 bits per heavy atom. The van der Waals surface area contributed by atoms with E-state index in [0.717, 1.165) is 17.0 Å². The number of carbonyl (C=O) groups is 1. The number of hydrogen-bond acceptors (Lipinski definition) is 4. The molecule has 0 aliphatic carbocycles. The zero-order valence-electron chi connectivity index (χ0n) is 12.1. The molecule has 1 amide bonds. The monoisotopic (exact) mass is 323 g/mol. The lowest BCUT2D eigenvalue weighted by atomic mass is 10.1. The lowest BCUT2D eigenvalue weighted by Gasteiger charge is -2.03. The SMILES string of the molecule is CC(C)Cc1nnc(NC(=O)CCc2ccccc2Cl)s1. The molecule has 0 saturated heterocycles. The maximum Gasteiger partial charge on any atom is 0.226 e. The summed E-state index contributed by atoms with van der Waals surface area (Å²) in [6.45, 7) is 4.26. The summed E-state index contributed by atoms with van der Waals surface area (Å²) >= 11 is 7.50. The summed E-state index contributed by atoms with van der Waals surface area (Å²) in [7, 11) is 0. The average Bonchev–Trinajstić information content (AvgIpc) is 2.84. The summed E-state index contributed by atoms with van der Waals surface area (Å²) < 4.78 is 0.